The fourth-order valence-electron chi connectivity index (χ4n) is 1.69. The molecule has 0 fully saturated rings. The van der Waals surface area contributed by atoms with Gasteiger partial charge in [-0.3, -0.25) is 0 Å². The lowest BCUT2D eigenvalue weighted by atomic mass is 10.1. The van der Waals surface area contributed by atoms with Crippen LogP contribution in [-0.4, -0.2) is 0 Å². The molecule has 0 bridgehead atoms. The number of aryl methyl sites for hydroxylation is 1. The smallest absolute Gasteiger partial charge is 0.139 e. The Kier molecular flexibility index (Phi) is 4.14. The van der Waals surface area contributed by atoms with Crippen molar-refractivity contribution < 1.29 is 13.2 Å². The standard InChI is InChI=1S/C14H11BrF3N/c1-8-4-11(15)13(18)6-14(8)19-7-9-2-3-10(16)5-12(9)17/h2-6,19H,7H2,1H3. The summed E-state index contributed by atoms with van der Waals surface area (Å²) in [5.41, 5.74) is 1.73. The molecule has 1 nitrogen and oxygen atoms in total. The van der Waals surface area contributed by atoms with Gasteiger partial charge in [-0.1, -0.05) is 6.07 Å². The molecule has 0 spiro atoms. The van der Waals surface area contributed by atoms with Crippen molar-refractivity contribution in [2.24, 2.45) is 0 Å². The predicted molar refractivity (Wildman–Crippen MR) is 72.5 cm³/mol. The van der Waals surface area contributed by atoms with Crippen LogP contribution in [0.5, 0.6) is 0 Å². The van der Waals surface area contributed by atoms with E-state index in [1.165, 1.54) is 18.2 Å². The minimum Gasteiger partial charge on any atom is -0.381 e. The van der Waals surface area contributed by atoms with Gasteiger partial charge in [-0.05, 0) is 46.6 Å². The van der Waals surface area contributed by atoms with Crippen molar-refractivity contribution in [2.75, 3.05) is 5.32 Å². The summed E-state index contributed by atoms with van der Waals surface area (Å²) < 4.78 is 40.0. The van der Waals surface area contributed by atoms with E-state index in [1.807, 2.05) is 6.92 Å². The minimum absolute atomic E-state index is 0.161. The summed E-state index contributed by atoms with van der Waals surface area (Å²) in [4.78, 5) is 0. The lowest BCUT2D eigenvalue weighted by molar-refractivity contribution is 0.574. The topological polar surface area (TPSA) is 12.0 Å². The van der Waals surface area contributed by atoms with Gasteiger partial charge in [0.25, 0.3) is 0 Å². The van der Waals surface area contributed by atoms with E-state index >= 15 is 0 Å². The number of anilines is 1. The number of rotatable bonds is 3. The van der Waals surface area contributed by atoms with E-state index in [-0.39, 0.29) is 6.54 Å². The first-order valence-corrected chi connectivity index (χ1v) is 6.40. The van der Waals surface area contributed by atoms with Gasteiger partial charge in [-0.25, -0.2) is 13.2 Å². The normalized spacial score (nSPS) is 10.6. The maximum Gasteiger partial charge on any atom is 0.139 e. The first-order chi connectivity index (χ1) is 8.97. The summed E-state index contributed by atoms with van der Waals surface area (Å²) in [5, 5.41) is 2.93. The van der Waals surface area contributed by atoms with Crippen LogP contribution >= 0.6 is 15.9 Å². The van der Waals surface area contributed by atoms with E-state index in [4.69, 9.17) is 0 Å². The Morgan fingerprint density at radius 1 is 1.05 bits per heavy atom. The van der Waals surface area contributed by atoms with E-state index in [1.54, 1.807) is 6.07 Å². The fraction of sp³-hybridized carbons (Fsp3) is 0.143. The summed E-state index contributed by atoms with van der Waals surface area (Å²) in [7, 11) is 0. The van der Waals surface area contributed by atoms with Gasteiger partial charge in [-0.15, -0.1) is 0 Å². The molecule has 2 aromatic carbocycles. The highest BCUT2D eigenvalue weighted by Gasteiger charge is 2.07. The van der Waals surface area contributed by atoms with Gasteiger partial charge in [0.15, 0.2) is 0 Å². The van der Waals surface area contributed by atoms with Gasteiger partial charge in [0, 0.05) is 23.9 Å². The predicted octanol–water partition coefficient (Wildman–Crippen LogP) is 4.79. The number of benzene rings is 2. The van der Waals surface area contributed by atoms with Crippen LogP contribution in [0.15, 0.2) is 34.8 Å². The summed E-state index contributed by atoms with van der Waals surface area (Å²) in [6.45, 7) is 1.97. The van der Waals surface area contributed by atoms with Crippen LogP contribution in [-0.2, 0) is 6.54 Å². The lowest BCUT2D eigenvalue weighted by Gasteiger charge is -2.11. The van der Waals surface area contributed by atoms with E-state index in [9.17, 15) is 13.2 Å². The average molecular weight is 330 g/mol. The molecule has 0 amide bonds. The second kappa shape index (κ2) is 5.65. The van der Waals surface area contributed by atoms with Gasteiger partial charge < -0.3 is 5.32 Å². The Morgan fingerprint density at radius 3 is 2.47 bits per heavy atom. The van der Waals surface area contributed by atoms with Crippen molar-refractivity contribution >= 4 is 21.6 Å². The molecule has 0 atom stereocenters. The van der Waals surface area contributed by atoms with Crippen LogP contribution in [0.2, 0.25) is 0 Å². The third kappa shape index (κ3) is 3.29. The van der Waals surface area contributed by atoms with Crippen molar-refractivity contribution in [2.45, 2.75) is 13.5 Å². The van der Waals surface area contributed by atoms with E-state index in [2.05, 4.69) is 21.2 Å². The first-order valence-electron chi connectivity index (χ1n) is 5.61. The maximum absolute atomic E-state index is 13.4. The Hall–Kier alpha value is -1.49. The highest BCUT2D eigenvalue weighted by atomic mass is 79.9. The molecule has 0 saturated heterocycles. The first kappa shape index (κ1) is 13.9. The van der Waals surface area contributed by atoms with Crippen molar-refractivity contribution in [1.29, 1.82) is 0 Å². The van der Waals surface area contributed by atoms with Crippen molar-refractivity contribution in [3.05, 3.63) is 63.4 Å². The average Bonchev–Trinajstić information content (AvgIpc) is 2.34. The third-order valence-corrected chi connectivity index (χ3v) is 3.36. The molecular weight excluding hydrogens is 319 g/mol. The Balaban J connectivity index is 2.16. The summed E-state index contributed by atoms with van der Waals surface area (Å²) in [6.07, 6.45) is 0. The van der Waals surface area contributed by atoms with Gasteiger partial charge >= 0.3 is 0 Å². The van der Waals surface area contributed by atoms with Crippen LogP contribution in [0, 0.1) is 24.4 Å². The Labute approximate surface area is 117 Å². The largest absolute Gasteiger partial charge is 0.381 e. The molecule has 0 heterocycles. The van der Waals surface area contributed by atoms with Gasteiger partial charge in [0.05, 0.1) is 4.47 Å². The van der Waals surface area contributed by atoms with Gasteiger partial charge in [0.2, 0.25) is 0 Å². The molecule has 0 unspecified atom stereocenters. The summed E-state index contributed by atoms with van der Waals surface area (Å²) >= 11 is 3.09. The van der Waals surface area contributed by atoms with E-state index in [0.717, 1.165) is 11.6 Å². The fourth-order valence-corrected chi connectivity index (χ4v) is 2.15. The van der Waals surface area contributed by atoms with Crippen LogP contribution in [0.4, 0.5) is 18.9 Å². The van der Waals surface area contributed by atoms with Crippen LogP contribution in [0.1, 0.15) is 11.1 Å². The zero-order valence-electron chi connectivity index (χ0n) is 10.1. The molecule has 100 valence electrons. The summed E-state index contributed by atoms with van der Waals surface area (Å²) in [6, 6.07) is 6.35. The Morgan fingerprint density at radius 2 is 1.79 bits per heavy atom. The highest BCUT2D eigenvalue weighted by Crippen LogP contribution is 2.24. The van der Waals surface area contributed by atoms with Crippen molar-refractivity contribution in [3.8, 4) is 0 Å². The maximum atomic E-state index is 13.4. The number of nitrogens with one attached hydrogen (secondary N) is 1. The van der Waals surface area contributed by atoms with Crippen LogP contribution in [0.3, 0.4) is 0 Å². The minimum atomic E-state index is -0.622. The molecule has 0 aromatic heterocycles. The molecule has 19 heavy (non-hydrogen) atoms. The molecule has 0 aliphatic carbocycles. The van der Waals surface area contributed by atoms with Crippen molar-refractivity contribution in [3.63, 3.8) is 0 Å². The number of halogens is 4. The zero-order chi connectivity index (χ0) is 14.0. The van der Waals surface area contributed by atoms with Crippen LogP contribution in [0.25, 0.3) is 0 Å². The molecule has 0 saturated carbocycles. The quantitative estimate of drug-likeness (QED) is 0.853. The van der Waals surface area contributed by atoms with Gasteiger partial charge in [-0.2, -0.15) is 0 Å². The zero-order valence-corrected chi connectivity index (χ0v) is 11.7. The van der Waals surface area contributed by atoms with E-state index in [0.29, 0.717) is 15.7 Å². The molecule has 2 aromatic rings. The lowest BCUT2D eigenvalue weighted by Crippen LogP contribution is -2.04. The summed E-state index contributed by atoms with van der Waals surface area (Å²) in [5.74, 6) is -1.64. The molecule has 1 N–H and O–H groups in total. The molecule has 0 aliphatic heterocycles. The second-order valence-corrected chi connectivity index (χ2v) is 5.02. The molecular formula is C14H11BrF3N. The number of hydrogen-bond donors (Lipinski definition) is 1. The molecule has 2 rings (SSSR count). The molecule has 0 radical (unpaired) electrons. The van der Waals surface area contributed by atoms with Crippen molar-refractivity contribution in [1.82, 2.24) is 0 Å². The SMILES string of the molecule is Cc1cc(Br)c(F)cc1NCc1ccc(F)cc1F. The molecule has 0 aliphatic rings. The monoisotopic (exact) mass is 329 g/mol. The molecule has 5 heteroatoms. The Bertz CT molecular complexity index is 614. The third-order valence-electron chi connectivity index (χ3n) is 2.75. The number of hydrogen-bond acceptors (Lipinski definition) is 1. The van der Waals surface area contributed by atoms with Gasteiger partial charge in [0.1, 0.15) is 17.5 Å². The second-order valence-electron chi connectivity index (χ2n) is 4.17. The van der Waals surface area contributed by atoms with Crippen LogP contribution < -0.4 is 5.32 Å². The highest BCUT2D eigenvalue weighted by molar-refractivity contribution is 9.10. The van der Waals surface area contributed by atoms with E-state index < -0.39 is 17.5 Å².